The molecule has 1 aliphatic rings. The maximum atomic E-state index is 11.3. The van der Waals surface area contributed by atoms with Crippen LogP contribution in [0.5, 0.6) is 5.75 Å². The Bertz CT molecular complexity index is 671. The first-order chi connectivity index (χ1) is 9.17. The second kappa shape index (κ2) is 5.67. The molecule has 2 rings (SSSR count). The van der Waals surface area contributed by atoms with Crippen LogP contribution in [0.4, 0.5) is 0 Å². The van der Waals surface area contributed by atoms with Crippen molar-refractivity contribution >= 4 is 21.4 Å². The zero-order valence-electron chi connectivity index (χ0n) is 10.2. The van der Waals surface area contributed by atoms with Gasteiger partial charge in [-0.15, -0.1) is 0 Å². The van der Waals surface area contributed by atoms with Crippen LogP contribution < -0.4 is 4.74 Å². The van der Waals surface area contributed by atoms with E-state index in [1.165, 1.54) is 6.08 Å². The maximum Gasteiger partial charge on any atom is 0.218 e. The molecular formula is C14H12O4S. The lowest BCUT2D eigenvalue weighted by atomic mass is 9.88. The summed E-state index contributed by atoms with van der Waals surface area (Å²) in [5.41, 5.74) is 0.986. The van der Waals surface area contributed by atoms with E-state index in [2.05, 4.69) is 0 Å². The summed E-state index contributed by atoms with van der Waals surface area (Å²) >= 11 is 0. The van der Waals surface area contributed by atoms with Crippen LogP contribution in [0.2, 0.25) is 0 Å². The smallest absolute Gasteiger partial charge is 0.218 e. The van der Waals surface area contributed by atoms with Gasteiger partial charge in [0.15, 0.2) is 6.29 Å². The van der Waals surface area contributed by atoms with Gasteiger partial charge < -0.3 is 4.74 Å². The van der Waals surface area contributed by atoms with Crippen LogP contribution in [0, 0.1) is 0 Å². The maximum absolute atomic E-state index is 11.3. The molecule has 0 heterocycles. The van der Waals surface area contributed by atoms with Crippen LogP contribution in [-0.2, 0) is 15.1 Å². The van der Waals surface area contributed by atoms with Crippen molar-refractivity contribution in [3.05, 3.63) is 53.6 Å². The molecule has 5 heteroatoms. The molecule has 0 spiro atoms. The van der Waals surface area contributed by atoms with Crippen molar-refractivity contribution < 1.29 is 17.9 Å². The van der Waals surface area contributed by atoms with Gasteiger partial charge in [0.25, 0.3) is 0 Å². The number of allylic oxidation sites excluding steroid dienone is 4. The third-order valence-electron chi connectivity index (χ3n) is 2.93. The van der Waals surface area contributed by atoms with Crippen LogP contribution in [-0.4, -0.2) is 26.7 Å². The zero-order valence-corrected chi connectivity index (χ0v) is 11.1. The van der Waals surface area contributed by atoms with E-state index in [0.717, 1.165) is 5.56 Å². The Labute approximate surface area is 112 Å². The van der Waals surface area contributed by atoms with Gasteiger partial charge in [-0.05, 0) is 17.7 Å². The molecule has 0 aliphatic heterocycles. The van der Waals surface area contributed by atoms with E-state index in [-0.39, 0.29) is 10.4 Å². The molecule has 1 aromatic carbocycles. The summed E-state index contributed by atoms with van der Waals surface area (Å²) in [5, 5.41) is 0. The van der Waals surface area contributed by atoms with Gasteiger partial charge in [-0.2, -0.15) is 8.42 Å². The first-order valence-electron chi connectivity index (χ1n) is 5.61. The minimum atomic E-state index is -2.44. The Morgan fingerprint density at radius 3 is 2.42 bits per heavy atom. The summed E-state index contributed by atoms with van der Waals surface area (Å²) in [5.74, 6) is 0.258. The summed E-state index contributed by atoms with van der Waals surface area (Å²) < 4.78 is 27.7. The predicted octanol–water partition coefficient (Wildman–Crippen LogP) is 1.53. The number of ether oxygens (including phenoxy) is 1. The SMILES string of the molecule is COc1ccc(C2C=CC=C(C=O)C2=S(=O)=O)cc1. The molecule has 0 saturated heterocycles. The van der Waals surface area contributed by atoms with Crippen molar-refractivity contribution in [3.8, 4) is 5.75 Å². The first kappa shape index (κ1) is 13.3. The van der Waals surface area contributed by atoms with Crippen molar-refractivity contribution in [1.29, 1.82) is 0 Å². The van der Waals surface area contributed by atoms with Gasteiger partial charge in [-0.3, -0.25) is 4.79 Å². The topological polar surface area (TPSA) is 60.4 Å². The number of hydrogen-bond acceptors (Lipinski definition) is 4. The van der Waals surface area contributed by atoms with Gasteiger partial charge in [-0.1, -0.05) is 30.4 Å². The van der Waals surface area contributed by atoms with Gasteiger partial charge >= 0.3 is 0 Å². The van der Waals surface area contributed by atoms with Gasteiger partial charge in [0, 0.05) is 11.5 Å². The Kier molecular flexibility index (Phi) is 3.97. The minimum absolute atomic E-state index is 0.0997. The van der Waals surface area contributed by atoms with Crippen LogP contribution in [0.3, 0.4) is 0 Å². The second-order valence-electron chi connectivity index (χ2n) is 3.97. The number of methoxy groups -OCH3 is 1. The van der Waals surface area contributed by atoms with E-state index in [1.54, 1.807) is 43.5 Å². The fraction of sp³-hybridized carbons (Fsp3) is 0.143. The highest BCUT2D eigenvalue weighted by molar-refractivity contribution is 7.73. The molecule has 0 N–H and O–H groups in total. The van der Waals surface area contributed by atoms with E-state index in [9.17, 15) is 13.2 Å². The van der Waals surface area contributed by atoms with Crippen LogP contribution >= 0.6 is 0 Å². The fourth-order valence-electron chi connectivity index (χ4n) is 1.99. The van der Waals surface area contributed by atoms with E-state index >= 15 is 0 Å². The predicted molar refractivity (Wildman–Crippen MR) is 72.9 cm³/mol. The average molecular weight is 276 g/mol. The molecule has 1 aromatic rings. The summed E-state index contributed by atoms with van der Waals surface area (Å²) in [6.45, 7) is 0. The molecule has 0 saturated carbocycles. The number of rotatable bonds is 3. The van der Waals surface area contributed by atoms with Gasteiger partial charge in [0.05, 0.1) is 12.0 Å². The molecule has 1 unspecified atom stereocenters. The Morgan fingerprint density at radius 2 is 1.89 bits per heavy atom. The number of aldehydes is 1. The summed E-state index contributed by atoms with van der Waals surface area (Å²) in [7, 11) is -0.873. The molecule has 19 heavy (non-hydrogen) atoms. The second-order valence-corrected chi connectivity index (χ2v) is 4.88. The number of carbonyl (C=O) groups is 1. The summed E-state index contributed by atoms with van der Waals surface area (Å²) in [4.78, 5) is 11.0. The molecular weight excluding hydrogens is 264 g/mol. The molecule has 0 amide bonds. The molecule has 98 valence electrons. The normalized spacial score (nSPS) is 17.8. The quantitative estimate of drug-likeness (QED) is 0.620. The third kappa shape index (κ3) is 2.66. The highest BCUT2D eigenvalue weighted by Crippen LogP contribution is 2.26. The monoisotopic (exact) mass is 276 g/mol. The van der Waals surface area contributed by atoms with E-state index in [0.29, 0.717) is 12.0 Å². The van der Waals surface area contributed by atoms with Crippen LogP contribution in [0.25, 0.3) is 0 Å². The van der Waals surface area contributed by atoms with Gasteiger partial charge in [-0.25, -0.2) is 0 Å². The minimum Gasteiger partial charge on any atom is -0.497 e. The van der Waals surface area contributed by atoms with E-state index in [4.69, 9.17) is 4.74 Å². The number of benzene rings is 1. The molecule has 0 radical (unpaired) electrons. The summed E-state index contributed by atoms with van der Waals surface area (Å²) in [6, 6.07) is 7.09. The molecule has 0 aromatic heterocycles. The van der Waals surface area contributed by atoms with Gasteiger partial charge in [0.1, 0.15) is 5.75 Å². The fourth-order valence-corrected chi connectivity index (χ4v) is 2.72. The Hall–Kier alpha value is -2.14. The zero-order chi connectivity index (χ0) is 13.8. The summed E-state index contributed by atoms with van der Waals surface area (Å²) in [6.07, 6.45) is 5.50. The van der Waals surface area contributed by atoms with Crippen LogP contribution in [0.1, 0.15) is 11.5 Å². The number of carbonyl (C=O) groups excluding carboxylic acids is 1. The average Bonchev–Trinajstić information content (AvgIpc) is 2.46. The standard InChI is InChI=1S/C14H12O4S/c1-18-12-7-5-10(6-8-12)13-4-2-3-11(9-15)14(13)19(16)17/h2-9,13H,1H3. The first-order valence-corrected chi connectivity index (χ1v) is 6.69. The Morgan fingerprint density at radius 1 is 1.21 bits per heavy atom. The molecule has 1 atom stereocenters. The molecule has 4 nitrogen and oxygen atoms in total. The van der Waals surface area contributed by atoms with Crippen LogP contribution in [0.15, 0.2) is 48.1 Å². The lowest BCUT2D eigenvalue weighted by molar-refractivity contribution is -0.104. The van der Waals surface area contributed by atoms with Crippen molar-refractivity contribution in [2.45, 2.75) is 5.92 Å². The van der Waals surface area contributed by atoms with Crippen molar-refractivity contribution in [2.75, 3.05) is 7.11 Å². The largest absolute Gasteiger partial charge is 0.497 e. The Balaban J connectivity index is 2.49. The molecule has 0 bridgehead atoms. The van der Waals surface area contributed by atoms with Gasteiger partial charge in [0.2, 0.25) is 10.3 Å². The van der Waals surface area contributed by atoms with Crippen molar-refractivity contribution in [3.63, 3.8) is 0 Å². The van der Waals surface area contributed by atoms with Crippen molar-refractivity contribution in [2.24, 2.45) is 0 Å². The lowest BCUT2D eigenvalue weighted by Crippen LogP contribution is -2.17. The molecule has 0 fully saturated rings. The van der Waals surface area contributed by atoms with Crippen molar-refractivity contribution in [1.82, 2.24) is 0 Å². The highest BCUT2D eigenvalue weighted by atomic mass is 32.2. The van der Waals surface area contributed by atoms with E-state index < -0.39 is 16.2 Å². The molecule has 1 aliphatic carbocycles. The number of hydrogen-bond donors (Lipinski definition) is 0. The third-order valence-corrected chi connectivity index (χ3v) is 3.78. The lowest BCUT2D eigenvalue weighted by Gasteiger charge is -2.17. The van der Waals surface area contributed by atoms with E-state index in [1.807, 2.05) is 0 Å². The highest BCUT2D eigenvalue weighted by Gasteiger charge is 2.22.